The maximum absolute atomic E-state index is 11.9. The van der Waals surface area contributed by atoms with Crippen molar-refractivity contribution in [2.24, 2.45) is 0 Å². The van der Waals surface area contributed by atoms with E-state index in [1.165, 1.54) is 6.42 Å². The first kappa shape index (κ1) is 21.0. The number of carbonyl (C=O) groups excluding carboxylic acids is 1. The molecule has 0 atom stereocenters. The molecule has 0 radical (unpaired) electrons. The highest BCUT2D eigenvalue weighted by Gasteiger charge is 2.24. The molecule has 0 bridgehead atoms. The molecule has 168 valence electrons. The van der Waals surface area contributed by atoms with Crippen LogP contribution in [0, 0.1) is 0 Å². The minimum absolute atomic E-state index is 0.162. The second kappa shape index (κ2) is 8.94. The van der Waals surface area contributed by atoms with Crippen molar-refractivity contribution in [3.05, 3.63) is 67.0 Å². The quantitative estimate of drug-likeness (QED) is 0.365. The first-order valence-electron chi connectivity index (χ1n) is 11.2. The molecule has 2 aromatic carbocycles. The molecule has 33 heavy (non-hydrogen) atoms. The Hall–Kier alpha value is -3.87. The van der Waals surface area contributed by atoms with Crippen molar-refractivity contribution < 1.29 is 14.3 Å². The lowest BCUT2D eigenvalue weighted by Gasteiger charge is -2.30. The Kier molecular flexibility index (Phi) is 5.69. The summed E-state index contributed by atoms with van der Waals surface area (Å²) in [6.07, 6.45) is 6.27. The molecule has 1 N–H and O–H groups in total. The van der Waals surface area contributed by atoms with Crippen LogP contribution < -0.4 is 10.1 Å². The molecule has 1 amide bonds. The third-order valence-electron chi connectivity index (χ3n) is 5.77. The summed E-state index contributed by atoms with van der Waals surface area (Å²) < 4.78 is 13.5. The zero-order valence-electron chi connectivity index (χ0n) is 18.7. The van der Waals surface area contributed by atoms with Gasteiger partial charge in [-0.2, -0.15) is 0 Å². The van der Waals surface area contributed by atoms with Crippen LogP contribution in [-0.4, -0.2) is 26.7 Å². The van der Waals surface area contributed by atoms with Crippen LogP contribution in [0.3, 0.4) is 0 Å². The van der Waals surface area contributed by atoms with E-state index in [0.717, 1.165) is 35.0 Å². The molecule has 2 heterocycles. The first-order chi connectivity index (χ1) is 16.1. The fourth-order valence-electron chi connectivity index (χ4n) is 4.05. The maximum Gasteiger partial charge on any atom is 0.411 e. The number of aromatic nitrogens is 3. The second-order valence-electron chi connectivity index (χ2n) is 8.49. The highest BCUT2D eigenvalue weighted by molar-refractivity contribution is 5.89. The molecule has 7 heteroatoms. The van der Waals surface area contributed by atoms with Gasteiger partial charge in [0, 0.05) is 41.3 Å². The number of benzene rings is 2. The molecule has 1 fully saturated rings. The lowest BCUT2D eigenvalue weighted by Crippen LogP contribution is -2.18. The fraction of sp³-hybridized carbons (Fsp3) is 0.269. The summed E-state index contributed by atoms with van der Waals surface area (Å²) >= 11 is 0. The predicted molar refractivity (Wildman–Crippen MR) is 128 cm³/mol. The van der Waals surface area contributed by atoms with Crippen LogP contribution in [-0.2, 0) is 4.74 Å². The normalized spacial score (nSPS) is 13.7. The van der Waals surface area contributed by atoms with Crippen molar-refractivity contribution in [1.82, 2.24) is 14.5 Å². The van der Waals surface area contributed by atoms with Gasteiger partial charge in [0.05, 0.1) is 11.6 Å². The molecule has 0 unspecified atom stereocenters. The van der Waals surface area contributed by atoms with E-state index in [0.29, 0.717) is 23.5 Å². The van der Waals surface area contributed by atoms with Gasteiger partial charge in [-0.25, -0.2) is 14.8 Å². The molecule has 4 aromatic rings. The van der Waals surface area contributed by atoms with E-state index in [1.54, 1.807) is 18.5 Å². The van der Waals surface area contributed by atoms with Crippen LogP contribution in [0.25, 0.3) is 22.2 Å². The number of amides is 1. The molecule has 1 saturated carbocycles. The molecule has 5 rings (SSSR count). The third kappa shape index (κ3) is 4.53. The zero-order chi connectivity index (χ0) is 22.8. The average Bonchev–Trinajstić information content (AvgIpc) is 3.12. The minimum atomic E-state index is -0.448. The Morgan fingerprint density at radius 2 is 1.82 bits per heavy atom. The van der Waals surface area contributed by atoms with Crippen LogP contribution in [0.2, 0.25) is 0 Å². The molecular weight excluding hydrogens is 416 g/mol. The zero-order valence-corrected chi connectivity index (χ0v) is 18.7. The van der Waals surface area contributed by atoms with Crippen molar-refractivity contribution in [2.45, 2.75) is 45.3 Å². The highest BCUT2D eigenvalue weighted by Crippen LogP contribution is 2.41. The van der Waals surface area contributed by atoms with Gasteiger partial charge in [0.25, 0.3) is 0 Å². The van der Waals surface area contributed by atoms with Gasteiger partial charge in [-0.1, -0.05) is 12.1 Å². The Morgan fingerprint density at radius 1 is 1.06 bits per heavy atom. The summed E-state index contributed by atoms with van der Waals surface area (Å²) in [6, 6.07) is 18.7. The van der Waals surface area contributed by atoms with Gasteiger partial charge in [-0.05, 0) is 75.1 Å². The molecule has 0 spiro atoms. The highest BCUT2D eigenvalue weighted by atomic mass is 16.6. The molecule has 1 aliphatic rings. The summed E-state index contributed by atoms with van der Waals surface area (Å²) in [7, 11) is 0. The van der Waals surface area contributed by atoms with E-state index in [1.807, 2.05) is 44.2 Å². The van der Waals surface area contributed by atoms with E-state index in [4.69, 9.17) is 9.47 Å². The number of hydrogen-bond acceptors (Lipinski definition) is 5. The summed E-state index contributed by atoms with van der Waals surface area (Å²) in [5.41, 5.74) is 4.08. The van der Waals surface area contributed by atoms with Crippen LogP contribution in [0.1, 0.15) is 39.2 Å². The van der Waals surface area contributed by atoms with Gasteiger partial charge in [0.2, 0.25) is 0 Å². The van der Waals surface area contributed by atoms with Crippen molar-refractivity contribution in [2.75, 3.05) is 5.32 Å². The molecule has 0 aliphatic heterocycles. The first-order valence-corrected chi connectivity index (χ1v) is 11.2. The summed E-state index contributed by atoms with van der Waals surface area (Å²) in [6.45, 7) is 3.65. The molecule has 1 aliphatic carbocycles. The number of nitrogens with zero attached hydrogens (tertiary/aromatic N) is 3. The van der Waals surface area contributed by atoms with Crippen molar-refractivity contribution >= 4 is 22.7 Å². The van der Waals surface area contributed by atoms with Crippen molar-refractivity contribution in [3.63, 3.8) is 0 Å². The fourth-order valence-corrected chi connectivity index (χ4v) is 4.05. The molecule has 7 nitrogen and oxygen atoms in total. The second-order valence-corrected chi connectivity index (χ2v) is 8.49. The Bertz CT molecular complexity index is 1260. The smallest absolute Gasteiger partial charge is 0.411 e. The van der Waals surface area contributed by atoms with E-state index in [-0.39, 0.29) is 6.10 Å². The third-order valence-corrected chi connectivity index (χ3v) is 5.77. The molecular formula is C26H26N4O3. The van der Waals surface area contributed by atoms with Gasteiger partial charge in [0.15, 0.2) is 0 Å². The largest absolute Gasteiger partial charge is 0.447 e. The van der Waals surface area contributed by atoms with Crippen molar-refractivity contribution in [3.8, 4) is 23.0 Å². The van der Waals surface area contributed by atoms with Gasteiger partial charge in [-0.3, -0.25) is 5.32 Å². The topological polar surface area (TPSA) is 78.3 Å². The Balaban J connectivity index is 1.47. The summed E-state index contributed by atoms with van der Waals surface area (Å²) in [4.78, 5) is 20.2. The number of fused-ring (bicyclic) bond motifs is 1. The van der Waals surface area contributed by atoms with Crippen LogP contribution >= 0.6 is 0 Å². The lowest BCUT2D eigenvalue weighted by molar-refractivity contribution is 0.130. The number of anilines is 1. The summed E-state index contributed by atoms with van der Waals surface area (Å²) in [5.74, 6) is 0.710. The summed E-state index contributed by atoms with van der Waals surface area (Å²) in [5, 5.41) is 3.93. The Labute approximate surface area is 192 Å². The lowest BCUT2D eigenvalue weighted by atomic mass is 9.92. The SMILES string of the molecule is CC(C)OC(=O)Nc1ccc(-c2cc3ccc(Oc4ncccn4)cc3n2C2CCC2)cc1. The number of nitrogens with one attached hydrogen (secondary N) is 1. The van der Waals surface area contributed by atoms with Crippen LogP contribution in [0.5, 0.6) is 11.8 Å². The maximum atomic E-state index is 11.9. The number of hydrogen-bond donors (Lipinski definition) is 1. The monoisotopic (exact) mass is 442 g/mol. The average molecular weight is 443 g/mol. The van der Waals surface area contributed by atoms with E-state index in [2.05, 4.69) is 38.1 Å². The predicted octanol–water partition coefficient (Wildman–Crippen LogP) is 6.57. The molecule has 2 aromatic heterocycles. The van der Waals surface area contributed by atoms with Gasteiger partial charge in [0.1, 0.15) is 5.75 Å². The van der Waals surface area contributed by atoms with E-state index >= 15 is 0 Å². The minimum Gasteiger partial charge on any atom is -0.447 e. The van der Waals surface area contributed by atoms with E-state index < -0.39 is 6.09 Å². The Morgan fingerprint density at radius 3 is 2.48 bits per heavy atom. The van der Waals surface area contributed by atoms with Crippen LogP contribution in [0.15, 0.2) is 67.0 Å². The standard InChI is InChI=1S/C26H26N4O3/c1-17(2)32-26(31)29-20-10-7-18(8-11-20)23-15-19-9-12-22(33-25-27-13-4-14-28-25)16-24(19)30(23)21-5-3-6-21/h4,7-17,21H,3,5-6H2,1-2H3,(H,29,31). The molecule has 0 saturated heterocycles. The van der Waals surface area contributed by atoms with Crippen LogP contribution in [0.4, 0.5) is 10.5 Å². The number of ether oxygens (including phenoxy) is 2. The van der Waals surface area contributed by atoms with E-state index in [9.17, 15) is 4.79 Å². The number of rotatable bonds is 6. The van der Waals surface area contributed by atoms with Gasteiger partial charge < -0.3 is 14.0 Å². The van der Waals surface area contributed by atoms with Gasteiger partial charge >= 0.3 is 12.1 Å². The van der Waals surface area contributed by atoms with Crippen molar-refractivity contribution in [1.29, 1.82) is 0 Å². The van der Waals surface area contributed by atoms with Gasteiger partial charge in [-0.15, -0.1) is 0 Å². The number of carbonyl (C=O) groups is 1.